The molecule has 3 aromatic rings. The molecule has 9 heteroatoms. The molecule has 2 aromatic carbocycles. The Morgan fingerprint density at radius 3 is 2.73 bits per heavy atom. The van der Waals surface area contributed by atoms with Crippen LogP contribution in [0.15, 0.2) is 53.8 Å². The van der Waals surface area contributed by atoms with Crippen LogP contribution in [0, 0.1) is 5.82 Å². The van der Waals surface area contributed by atoms with Crippen molar-refractivity contribution in [3.63, 3.8) is 0 Å². The molecule has 3 rings (SSSR count). The molecule has 0 radical (unpaired) electrons. The predicted molar refractivity (Wildman–Crippen MR) is 117 cm³/mol. The summed E-state index contributed by atoms with van der Waals surface area (Å²) in [5.41, 5.74) is 3.24. The molecule has 160 valence electrons. The summed E-state index contributed by atoms with van der Waals surface area (Å²) in [6, 6.07) is 12.1. The molecule has 1 aromatic heterocycles. The van der Waals surface area contributed by atoms with Crippen LogP contribution in [0.1, 0.15) is 17.5 Å². The first kappa shape index (κ1) is 21.8. The van der Waals surface area contributed by atoms with E-state index in [1.165, 1.54) is 18.2 Å². The minimum atomic E-state index is -3.21. The summed E-state index contributed by atoms with van der Waals surface area (Å²) in [7, 11) is -1.56. The van der Waals surface area contributed by atoms with Gasteiger partial charge in [-0.25, -0.2) is 17.8 Å². The van der Waals surface area contributed by atoms with Crippen LogP contribution >= 0.6 is 0 Å². The number of nitrogens with zero attached hydrogens (tertiary/aromatic N) is 3. The Kier molecular flexibility index (Phi) is 7.04. The Morgan fingerprint density at radius 2 is 1.97 bits per heavy atom. The van der Waals surface area contributed by atoms with E-state index in [0.717, 1.165) is 30.3 Å². The fourth-order valence-electron chi connectivity index (χ4n) is 3.23. The standard InChI is InChI=1S/C21H26FN5O2S/c1-23-21(24-10-5-11-27-15-26-19-6-3-4-7-20(19)27)25-13-17-12-18(22)9-8-16(17)14-30(2,28)29/h3-4,6-9,12,15H,5,10-11,13-14H2,1-2H3,(H2,23,24,25). The maximum absolute atomic E-state index is 13.6. The van der Waals surface area contributed by atoms with Crippen molar-refractivity contribution < 1.29 is 12.8 Å². The molecule has 0 bridgehead atoms. The van der Waals surface area contributed by atoms with E-state index in [2.05, 4.69) is 25.2 Å². The van der Waals surface area contributed by atoms with Gasteiger partial charge in [-0.15, -0.1) is 0 Å². The number of aliphatic imine (C=N–C) groups is 1. The highest BCUT2D eigenvalue weighted by Gasteiger charge is 2.11. The van der Waals surface area contributed by atoms with Gasteiger partial charge in [-0.05, 0) is 41.8 Å². The van der Waals surface area contributed by atoms with Gasteiger partial charge in [0.1, 0.15) is 5.82 Å². The summed E-state index contributed by atoms with van der Waals surface area (Å²) in [4.78, 5) is 8.56. The van der Waals surface area contributed by atoms with E-state index in [1.807, 2.05) is 30.6 Å². The second-order valence-corrected chi connectivity index (χ2v) is 9.26. The average Bonchev–Trinajstić information content (AvgIpc) is 3.11. The van der Waals surface area contributed by atoms with E-state index in [-0.39, 0.29) is 12.3 Å². The monoisotopic (exact) mass is 431 g/mol. The fraction of sp³-hybridized carbons (Fsp3) is 0.333. The molecule has 0 saturated carbocycles. The van der Waals surface area contributed by atoms with Crippen LogP contribution < -0.4 is 10.6 Å². The number of aromatic nitrogens is 2. The second kappa shape index (κ2) is 9.71. The molecule has 0 amide bonds. The number of hydrogen-bond donors (Lipinski definition) is 2. The van der Waals surface area contributed by atoms with Crippen LogP contribution in [0.25, 0.3) is 11.0 Å². The van der Waals surface area contributed by atoms with Crippen LogP contribution in [0.4, 0.5) is 4.39 Å². The number of fused-ring (bicyclic) bond motifs is 1. The lowest BCUT2D eigenvalue weighted by atomic mass is 10.1. The van der Waals surface area contributed by atoms with Crippen molar-refractivity contribution in [2.24, 2.45) is 4.99 Å². The van der Waals surface area contributed by atoms with Gasteiger partial charge < -0.3 is 15.2 Å². The Balaban J connectivity index is 1.52. The number of guanidine groups is 1. The number of benzene rings is 2. The maximum Gasteiger partial charge on any atom is 0.191 e. The van der Waals surface area contributed by atoms with Gasteiger partial charge in [0.15, 0.2) is 15.8 Å². The first-order valence-corrected chi connectivity index (χ1v) is 11.7. The molecule has 0 saturated heterocycles. The summed E-state index contributed by atoms with van der Waals surface area (Å²) < 4.78 is 39.0. The predicted octanol–water partition coefficient (Wildman–Crippen LogP) is 2.48. The third-order valence-corrected chi connectivity index (χ3v) is 5.49. The van der Waals surface area contributed by atoms with Crippen molar-refractivity contribution >= 4 is 26.8 Å². The molecule has 0 aliphatic rings. The van der Waals surface area contributed by atoms with Gasteiger partial charge in [0.05, 0.1) is 23.1 Å². The largest absolute Gasteiger partial charge is 0.356 e. The summed E-state index contributed by atoms with van der Waals surface area (Å²) in [6.45, 7) is 1.77. The zero-order valence-corrected chi connectivity index (χ0v) is 17.9. The SMILES string of the molecule is CN=C(NCCCn1cnc2ccccc21)NCc1cc(F)ccc1CS(C)(=O)=O. The van der Waals surface area contributed by atoms with E-state index < -0.39 is 15.7 Å². The first-order valence-electron chi connectivity index (χ1n) is 9.65. The number of halogens is 1. The van der Waals surface area contributed by atoms with Gasteiger partial charge in [0.25, 0.3) is 0 Å². The van der Waals surface area contributed by atoms with Crippen LogP contribution in [0.3, 0.4) is 0 Å². The van der Waals surface area contributed by atoms with Gasteiger partial charge in [-0.2, -0.15) is 0 Å². The minimum absolute atomic E-state index is 0.130. The molecule has 0 aliphatic heterocycles. The Hall–Kier alpha value is -2.94. The van der Waals surface area contributed by atoms with Gasteiger partial charge in [0, 0.05) is 32.9 Å². The molecular formula is C21H26FN5O2S. The second-order valence-electron chi connectivity index (χ2n) is 7.12. The number of para-hydroxylation sites is 2. The van der Waals surface area contributed by atoms with Crippen LogP contribution in [0.2, 0.25) is 0 Å². The quantitative estimate of drug-likeness (QED) is 0.325. The number of aryl methyl sites for hydroxylation is 1. The number of hydrogen-bond acceptors (Lipinski definition) is 4. The number of nitrogens with one attached hydrogen (secondary N) is 2. The average molecular weight is 432 g/mol. The zero-order chi connectivity index (χ0) is 21.6. The first-order chi connectivity index (χ1) is 14.4. The molecule has 0 aliphatic carbocycles. The van der Waals surface area contributed by atoms with Crippen LogP contribution in [-0.4, -0.2) is 43.8 Å². The molecule has 0 atom stereocenters. The molecule has 0 spiro atoms. The molecule has 30 heavy (non-hydrogen) atoms. The lowest BCUT2D eigenvalue weighted by Gasteiger charge is -2.14. The third-order valence-electron chi connectivity index (χ3n) is 4.65. The van der Waals surface area contributed by atoms with Gasteiger partial charge in [-0.1, -0.05) is 18.2 Å². The Bertz CT molecular complexity index is 1140. The Morgan fingerprint density at radius 1 is 1.17 bits per heavy atom. The third kappa shape index (κ3) is 6.03. The van der Waals surface area contributed by atoms with Gasteiger partial charge in [0.2, 0.25) is 0 Å². The van der Waals surface area contributed by atoms with E-state index in [0.29, 0.717) is 23.6 Å². The van der Waals surface area contributed by atoms with Crippen molar-refractivity contribution in [2.75, 3.05) is 19.8 Å². The molecule has 7 nitrogen and oxygen atoms in total. The molecule has 1 heterocycles. The summed E-state index contributed by atoms with van der Waals surface area (Å²) in [5.74, 6) is 0.0365. The van der Waals surface area contributed by atoms with Gasteiger partial charge in [-0.3, -0.25) is 4.99 Å². The van der Waals surface area contributed by atoms with Crippen molar-refractivity contribution in [1.82, 2.24) is 20.2 Å². The summed E-state index contributed by atoms with van der Waals surface area (Å²) in [6.07, 6.45) is 3.86. The van der Waals surface area contributed by atoms with E-state index in [1.54, 1.807) is 7.05 Å². The maximum atomic E-state index is 13.6. The van der Waals surface area contributed by atoms with E-state index in [9.17, 15) is 12.8 Å². The highest BCUT2D eigenvalue weighted by Crippen LogP contribution is 2.14. The van der Waals surface area contributed by atoms with Crippen LogP contribution in [0.5, 0.6) is 0 Å². The molecule has 0 fully saturated rings. The number of sulfone groups is 1. The number of imidazole rings is 1. The zero-order valence-electron chi connectivity index (χ0n) is 17.1. The highest BCUT2D eigenvalue weighted by molar-refractivity contribution is 7.89. The fourth-order valence-corrected chi connectivity index (χ4v) is 4.07. The lowest BCUT2D eigenvalue weighted by Crippen LogP contribution is -2.37. The van der Waals surface area contributed by atoms with E-state index >= 15 is 0 Å². The molecular weight excluding hydrogens is 405 g/mol. The van der Waals surface area contributed by atoms with Crippen molar-refractivity contribution in [3.8, 4) is 0 Å². The van der Waals surface area contributed by atoms with Crippen molar-refractivity contribution in [3.05, 3.63) is 65.7 Å². The van der Waals surface area contributed by atoms with E-state index in [4.69, 9.17) is 0 Å². The van der Waals surface area contributed by atoms with Crippen LogP contribution in [-0.2, 0) is 28.7 Å². The molecule has 2 N–H and O–H groups in total. The van der Waals surface area contributed by atoms with Crippen molar-refractivity contribution in [2.45, 2.75) is 25.3 Å². The highest BCUT2D eigenvalue weighted by atomic mass is 32.2. The van der Waals surface area contributed by atoms with Crippen molar-refractivity contribution in [1.29, 1.82) is 0 Å². The topological polar surface area (TPSA) is 88.4 Å². The molecule has 0 unspecified atom stereocenters. The minimum Gasteiger partial charge on any atom is -0.356 e. The van der Waals surface area contributed by atoms with Gasteiger partial charge >= 0.3 is 0 Å². The lowest BCUT2D eigenvalue weighted by molar-refractivity contribution is 0.599. The summed E-state index contributed by atoms with van der Waals surface area (Å²) in [5, 5.41) is 6.35. The Labute approximate surface area is 176 Å². The summed E-state index contributed by atoms with van der Waals surface area (Å²) >= 11 is 0. The normalized spacial score (nSPS) is 12.3. The number of rotatable bonds is 8. The smallest absolute Gasteiger partial charge is 0.191 e.